The molecule has 0 aliphatic heterocycles. The highest BCUT2D eigenvalue weighted by Crippen LogP contribution is 2.35. The van der Waals surface area contributed by atoms with Crippen molar-refractivity contribution in [3.63, 3.8) is 0 Å². The molecule has 1 unspecified atom stereocenters. The van der Waals surface area contributed by atoms with Crippen molar-refractivity contribution in [2.75, 3.05) is 13.2 Å². The van der Waals surface area contributed by atoms with Crippen molar-refractivity contribution in [3.8, 4) is 0 Å². The summed E-state index contributed by atoms with van der Waals surface area (Å²) in [5.74, 6) is -0.984. The van der Waals surface area contributed by atoms with Crippen molar-refractivity contribution in [1.29, 1.82) is 0 Å². The number of phosphoric ester groups is 1. The van der Waals surface area contributed by atoms with Crippen LogP contribution in [0.25, 0.3) is 0 Å². The molecule has 2 N–H and O–H groups in total. The lowest BCUT2D eigenvalue weighted by Crippen LogP contribution is -2.29. The van der Waals surface area contributed by atoms with E-state index in [4.69, 9.17) is 19.3 Å². The Morgan fingerprint density at radius 1 is 0.540 bits per heavy atom. The monoisotopic (exact) mass is 718 g/mol. The quantitative estimate of drug-likeness (QED) is 0.0298. The Hall–Kier alpha value is -2.77. The van der Waals surface area contributed by atoms with Gasteiger partial charge in [0.25, 0.3) is 0 Å². The van der Waals surface area contributed by atoms with Gasteiger partial charge in [-0.15, -0.1) is 0 Å². The molecule has 0 aromatic heterocycles. The molecule has 0 rings (SSSR count). The summed E-state index contributed by atoms with van der Waals surface area (Å²) in [4.78, 5) is 42.7. The molecule has 0 aliphatic carbocycles. The predicted octanol–water partition coefficient (Wildman–Crippen LogP) is 11.3. The summed E-state index contributed by atoms with van der Waals surface area (Å²) in [7, 11) is -4.77. The predicted molar refractivity (Wildman–Crippen MR) is 207 cm³/mol. The zero-order chi connectivity index (χ0) is 36.8. The number of hydrogen-bond donors (Lipinski definition) is 2. The van der Waals surface area contributed by atoms with Gasteiger partial charge in [0, 0.05) is 12.8 Å². The van der Waals surface area contributed by atoms with E-state index in [9.17, 15) is 14.2 Å². The van der Waals surface area contributed by atoms with Gasteiger partial charge >= 0.3 is 19.8 Å². The van der Waals surface area contributed by atoms with Gasteiger partial charge in [0.1, 0.15) is 6.61 Å². The Morgan fingerprint density at radius 3 is 1.52 bits per heavy atom. The first-order chi connectivity index (χ1) is 24.3. The van der Waals surface area contributed by atoms with E-state index in [1.807, 2.05) is 54.7 Å². The number of carbonyl (C=O) groups excluding carboxylic acids is 2. The highest BCUT2D eigenvalue weighted by atomic mass is 31.2. The van der Waals surface area contributed by atoms with Crippen molar-refractivity contribution in [2.24, 2.45) is 0 Å². The molecule has 0 amide bonds. The highest BCUT2D eigenvalue weighted by Gasteiger charge is 2.22. The van der Waals surface area contributed by atoms with Crippen molar-refractivity contribution < 1.29 is 37.9 Å². The Bertz CT molecular complexity index is 1080. The van der Waals surface area contributed by atoms with Crippen molar-refractivity contribution in [3.05, 3.63) is 85.1 Å². The molecule has 0 radical (unpaired) electrons. The van der Waals surface area contributed by atoms with E-state index in [2.05, 4.69) is 48.8 Å². The van der Waals surface area contributed by atoms with Crippen LogP contribution in [0.1, 0.15) is 142 Å². The first kappa shape index (κ1) is 47.2. The lowest BCUT2D eigenvalue weighted by molar-refractivity contribution is -0.161. The average molecular weight is 719 g/mol. The molecular formula is C41H67O8P. The molecule has 0 saturated carbocycles. The number of carbonyl (C=O) groups is 2. The second-order valence-electron chi connectivity index (χ2n) is 12.3. The molecule has 0 aliphatic rings. The summed E-state index contributed by atoms with van der Waals surface area (Å²) in [6.45, 7) is 3.42. The van der Waals surface area contributed by atoms with E-state index < -0.39 is 32.5 Å². The maximum absolute atomic E-state index is 12.3. The molecular weight excluding hydrogens is 651 g/mol. The minimum Gasteiger partial charge on any atom is -0.462 e. The fourth-order valence-corrected chi connectivity index (χ4v) is 5.11. The third-order valence-electron chi connectivity index (χ3n) is 7.55. The van der Waals surface area contributed by atoms with Gasteiger partial charge in [0.05, 0.1) is 6.61 Å². The second-order valence-corrected chi connectivity index (χ2v) is 13.6. The maximum Gasteiger partial charge on any atom is 0.469 e. The number of hydrogen-bond acceptors (Lipinski definition) is 6. The fraction of sp³-hybridized carbons (Fsp3) is 0.610. The van der Waals surface area contributed by atoms with Crippen molar-refractivity contribution in [1.82, 2.24) is 0 Å². The molecule has 0 aromatic carbocycles. The van der Waals surface area contributed by atoms with Gasteiger partial charge in [-0.25, -0.2) is 4.57 Å². The van der Waals surface area contributed by atoms with Gasteiger partial charge in [-0.2, -0.15) is 0 Å². The van der Waals surface area contributed by atoms with Crippen LogP contribution in [-0.2, 0) is 28.2 Å². The number of esters is 2. The van der Waals surface area contributed by atoms with E-state index in [-0.39, 0.29) is 19.4 Å². The number of unbranched alkanes of at least 4 members (excludes halogenated alkanes) is 14. The Kier molecular flexibility index (Phi) is 34.0. The Balaban J connectivity index is 4.05. The third-order valence-corrected chi connectivity index (χ3v) is 8.04. The number of phosphoric acid groups is 1. The van der Waals surface area contributed by atoms with E-state index >= 15 is 0 Å². The summed E-state index contributed by atoms with van der Waals surface area (Å²) in [6, 6.07) is 0. The molecule has 0 spiro atoms. The standard InChI is InChI=1S/C41H67O8P/c1-3-5-7-9-11-13-15-17-18-19-20-21-22-24-25-27-29-31-33-35-40(42)47-37-39(38-48-50(44,45)46)49-41(43)36-34-32-30-28-26-23-16-14-12-10-8-6-4-2/h6,8,10-17,23,26,28,30,39H,3-5,7,9,18-22,24-25,27,29,31-38H2,1-2H3,(H2,44,45,46)/b8-6+,12-10+,13-11+,16-14+,17-15+,26-23+,30-28+. The van der Waals surface area contributed by atoms with Gasteiger partial charge in [-0.3, -0.25) is 14.1 Å². The highest BCUT2D eigenvalue weighted by molar-refractivity contribution is 7.46. The van der Waals surface area contributed by atoms with E-state index in [1.165, 1.54) is 64.2 Å². The minimum atomic E-state index is -4.77. The number of ether oxygens (including phenoxy) is 2. The molecule has 0 fully saturated rings. The number of allylic oxidation sites excluding steroid dienone is 14. The van der Waals surface area contributed by atoms with Gasteiger partial charge in [-0.05, 0) is 51.4 Å². The maximum atomic E-state index is 12.3. The molecule has 0 heterocycles. The molecule has 9 heteroatoms. The zero-order valence-electron chi connectivity index (χ0n) is 31.0. The molecule has 0 saturated heterocycles. The summed E-state index contributed by atoms with van der Waals surface area (Å²) in [5.41, 5.74) is 0. The van der Waals surface area contributed by atoms with Crippen LogP contribution in [0, 0.1) is 0 Å². The average Bonchev–Trinajstić information content (AvgIpc) is 3.08. The normalized spacial score (nSPS) is 13.4. The summed E-state index contributed by atoms with van der Waals surface area (Å²) in [6.07, 6.45) is 47.4. The third kappa shape index (κ3) is 38.0. The second kappa shape index (κ2) is 36.0. The lowest BCUT2D eigenvalue weighted by atomic mass is 10.1. The van der Waals surface area contributed by atoms with Crippen molar-refractivity contribution >= 4 is 19.8 Å². The van der Waals surface area contributed by atoms with Crippen LogP contribution in [0.2, 0.25) is 0 Å². The smallest absolute Gasteiger partial charge is 0.462 e. The molecule has 1 atom stereocenters. The first-order valence-electron chi connectivity index (χ1n) is 19.0. The summed E-state index contributed by atoms with van der Waals surface area (Å²) in [5, 5.41) is 0. The summed E-state index contributed by atoms with van der Waals surface area (Å²) < 4.78 is 26.2. The zero-order valence-corrected chi connectivity index (χ0v) is 31.9. The van der Waals surface area contributed by atoms with Crippen LogP contribution in [-0.4, -0.2) is 41.0 Å². The molecule has 8 nitrogen and oxygen atoms in total. The van der Waals surface area contributed by atoms with E-state index in [0.29, 0.717) is 19.3 Å². The van der Waals surface area contributed by atoms with Gasteiger partial charge in [0.15, 0.2) is 6.10 Å². The SMILES string of the molecule is CC/C=C/C=C/C=C/C=C/C=C/CCCC(=O)OC(COC(=O)CCCCCCCCCCCC/C=C/C=C/CCCCC)COP(=O)(O)O. The van der Waals surface area contributed by atoms with Crippen LogP contribution >= 0.6 is 7.82 Å². The van der Waals surface area contributed by atoms with E-state index in [0.717, 1.165) is 32.1 Å². The topological polar surface area (TPSA) is 119 Å². The summed E-state index contributed by atoms with van der Waals surface area (Å²) >= 11 is 0. The van der Waals surface area contributed by atoms with E-state index in [1.54, 1.807) is 0 Å². The minimum absolute atomic E-state index is 0.110. The first-order valence-corrected chi connectivity index (χ1v) is 20.5. The van der Waals surface area contributed by atoms with Crippen LogP contribution < -0.4 is 0 Å². The molecule has 0 bridgehead atoms. The molecule has 0 aromatic rings. The van der Waals surface area contributed by atoms with Crippen LogP contribution in [0.15, 0.2) is 85.1 Å². The lowest BCUT2D eigenvalue weighted by Gasteiger charge is -2.18. The van der Waals surface area contributed by atoms with Crippen LogP contribution in [0.5, 0.6) is 0 Å². The van der Waals surface area contributed by atoms with Crippen LogP contribution in [0.4, 0.5) is 0 Å². The number of rotatable bonds is 33. The molecule has 284 valence electrons. The Morgan fingerprint density at radius 2 is 0.980 bits per heavy atom. The fourth-order valence-electron chi connectivity index (χ4n) is 4.75. The van der Waals surface area contributed by atoms with Crippen molar-refractivity contribution in [2.45, 2.75) is 148 Å². The van der Waals surface area contributed by atoms with Crippen LogP contribution in [0.3, 0.4) is 0 Å². The Labute approximate surface area is 303 Å². The molecule has 50 heavy (non-hydrogen) atoms. The van der Waals surface area contributed by atoms with Gasteiger partial charge < -0.3 is 19.3 Å². The van der Waals surface area contributed by atoms with Gasteiger partial charge in [-0.1, -0.05) is 163 Å². The van der Waals surface area contributed by atoms with Gasteiger partial charge in [0.2, 0.25) is 0 Å². The largest absolute Gasteiger partial charge is 0.469 e.